The molecule has 0 fully saturated rings. The third kappa shape index (κ3) is 3.43. The number of non-ortho nitro benzene ring substituents is 1. The zero-order valence-electron chi connectivity index (χ0n) is 15.5. The van der Waals surface area contributed by atoms with Crippen molar-refractivity contribution in [2.24, 2.45) is 0 Å². The van der Waals surface area contributed by atoms with E-state index in [-0.39, 0.29) is 17.3 Å². The van der Waals surface area contributed by atoms with Crippen LogP contribution in [0.1, 0.15) is 10.4 Å². The lowest BCUT2D eigenvalue weighted by molar-refractivity contribution is -0.384. The molecule has 9 heteroatoms. The highest BCUT2D eigenvalue weighted by atomic mass is 32.1. The van der Waals surface area contributed by atoms with Gasteiger partial charge in [-0.15, -0.1) is 0 Å². The first-order chi connectivity index (χ1) is 14.0. The van der Waals surface area contributed by atoms with E-state index in [2.05, 4.69) is 10.3 Å². The molecule has 4 aromatic rings. The second-order valence-electron chi connectivity index (χ2n) is 6.12. The van der Waals surface area contributed by atoms with Gasteiger partial charge in [0, 0.05) is 6.07 Å². The third-order valence-corrected chi connectivity index (χ3v) is 5.33. The van der Waals surface area contributed by atoms with E-state index in [9.17, 15) is 14.9 Å². The van der Waals surface area contributed by atoms with Gasteiger partial charge in [-0.2, -0.15) is 0 Å². The molecule has 146 valence electrons. The smallest absolute Gasteiger partial charge is 0.274 e. The highest BCUT2D eigenvalue weighted by Crippen LogP contribution is 2.36. The molecule has 0 unspecified atom stereocenters. The summed E-state index contributed by atoms with van der Waals surface area (Å²) < 4.78 is 11.1. The van der Waals surface area contributed by atoms with Crippen LogP contribution in [0.15, 0.2) is 48.5 Å². The molecular formula is C20H15N3O5S. The van der Waals surface area contributed by atoms with E-state index in [4.69, 9.17) is 9.47 Å². The van der Waals surface area contributed by atoms with Crippen LogP contribution in [-0.2, 0) is 0 Å². The number of thiazole rings is 1. The summed E-state index contributed by atoms with van der Waals surface area (Å²) in [4.78, 5) is 27.9. The van der Waals surface area contributed by atoms with Crippen LogP contribution in [0.5, 0.6) is 11.5 Å². The predicted octanol–water partition coefficient (Wildman–Crippen LogP) is 4.63. The molecule has 0 radical (unpaired) electrons. The van der Waals surface area contributed by atoms with Gasteiger partial charge in [0.25, 0.3) is 11.6 Å². The lowest BCUT2D eigenvalue weighted by Crippen LogP contribution is -2.13. The predicted molar refractivity (Wildman–Crippen MR) is 111 cm³/mol. The largest absolute Gasteiger partial charge is 0.496 e. The lowest BCUT2D eigenvalue weighted by atomic mass is 10.1. The molecule has 8 nitrogen and oxygen atoms in total. The van der Waals surface area contributed by atoms with E-state index in [1.54, 1.807) is 12.1 Å². The van der Waals surface area contributed by atoms with E-state index in [1.165, 1.54) is 26.4 Å². The number of ether oxygens (including phenoxy) is 2. The Hall–Kier alpha value is -3.72. The summed E-state index contributed by atoms with van der Waals surface area (Å²) in [7, 11) is 2.92. The fourth-order valence-corrected chi connectivity index (χ4v) is 3.94. The number of hydrogen-bond acceptors (Lipinski definition) is 7. The Labute approximate surface area is 168 Å². The van der Waals surface area contributed by atoms with Crippen LogP contribution in [0.4, 0.5) is 10.8 Å². The standard InChI is InChI=1S/C20H15N3O5S/c1-27-15-8-12-6-4-3-5-11(12)7-14(15)19(24)22-20-21-18-16(28-2)9-13(23(25)26)10-17(18)29-20/h3-10H,1-2H3,(H,21,22,24). The van der Waals surface area contributed by atoms with Gasteiger partial charge in [0.1, 0.15) is 11.3 Å². The Morgan fingerprint density at radius 1 is 1.07 bits per heavy atom. The number of aromatic nitrogens is 1. The first kappa shape index (κ1) is 18.6. The van der Waals surface area contributed by atoms with Gasteiger partial charge in [0.15, 0.2) is 10.9 Å². The second-order valence-corrected chi connectivity index (χ2v) is 7.16. The Kier molecular flexibility index (Phi) is 4.73. The number of nitro groups is 1. The van der Waals surface area contributed by atoms with Crippen LogP contribution in [-0.4, -0.2) is 30.0 Å². The molecule has 0 atom stereocenters. The monoisotopic (exact) mass is 409 g/mol. The van der Waals surface area contributed by atoms with Gasteiger partial charge in [-0.25, -0.2) is 4.98 Å². The number of nitro benzene ring substituents is 1. The van der Waals surface area contributed by atoms with Crippen molar-refractivity contribution in [3.05, 3.63) is 64.2 Å². The first-order valence-electron chi connectivity index (χ1n) is 8.51. The summed E-state index contributed by atoms with van der Waals surface area (Å²) in [6, 6.07) is 13.9. The van der Waals surface area contributed by atoms with Crippen molar-refractivity contribution < 1.29 is 19.2 Å². The van der Waals surface area contributed by atoms with E-state index in [0.29, 0.717) is 26.7 Å². The highest BCUT2D eigenvalue weighted by molar-refractivity contribution is 7.22. The van der Waals surface area contributed by atoms with Gasteiger partial charge in [-0.1, -0.05) is 35.6 Å². The minimum absolute atomic E-state index is 0.105. The molecule has 0 saturated carbocycles. The molecule has 0 bridgehead atoms. The lowest BCUT2D eigenvalue weighted by Gasteiger charge is -2.10. The molecule has 29 heavy (non-hydrogen) atoms. The second kappa shape index (κ2) is 7.36. The molecule has 1 N–H and O–H groups in total. The van der Waals surface area contributed by atoms with Crippen molar-refractivity contribution in [1.29, 1.82) is 0 Å². The summed E-state index contributed by atoms with van der Waals surface area (Å²) >= 11 is 1.13. The Bertz CT molecular complexity index is 1270. The summed E-state index contributed by atoms with van der Waals surface area (Å²) in [5, 5.41) is 16.0. The van der Waals surface area contributed by atoms with Crippen molar-refractivity contribution in [1.82, 2.24) is 4.98 Å². The van der Waals surface area contributed by atoms with Crippen molar-refractivity contribution in [3.8, 4) is 11.5 Å². The number of nitrogens with one attached hydrogen (secondary N) is 1. The molecule has 0 saturated heterocycles. The normalized spacial score (nSPS) is 10.8. The van der Waals surface area contributed by atoms with Gasteiger partial charge in [0.05, 0.1) is 35.5 Å². The minimum Gasteiger partial charge on any atom is -0.496 e. The summed E-state index contributed by atoms with van der Waals surface area (Å²) in [6.07, 6.45) is 0. The van der Waals surface area contributed by atoms with Gasteiger partial charge < -0.3 is 9.47 Å². The zero-order valence-corrected chi connectivity index (χ0v) is 16.3. The maximum atomic E-state index is 12.9. The average molecular weight is 409 g/mol. The Morgan fingerprint density at radius 2 is 1.76 bits per heavy atom. The summed E-state index contributed by atoms with van der Waals surface area (Å²) in [6.45, 7) is 0. The van der Waals surface area contributed by atoms with Crippen molar-refractivity contribution >= 4 is 49.1 Å². The Morgan fingerprint density at radius 3 is 2.41 bits per heavy atom. The molecule has 1 heterocycles. The van der Waals surface area contributed by atoms with Gasteiger partial charge in [0.2, 0.25) is 0 Å². The SMILES string of the molecule is COc1cc2ccccc2cc1C(=O)Nc1nc2c(OC)cc([N+](=O)[O-])cc2s1. The molecule has 4 rings (SSSR count). The van der Waals surface area contributed by atoms with Crippen molar-refractivity contribution in [2.45, 2.75) is 0 Å². The Balaban J connectivity index is 1.72. The van der Waals surface area contributed by atoms with E-state index in [1.807, 2.05) is 24.3 Å². The minimum atomic E-state index is -0.500. The van der Waals surface area contributed by atoms with Crippen LogP contribution in [0.25, 0.3) is 21.0 Å². The van der Waals surface area contributed by atoms with Crippen LogP contribution < -0.4 is 14.8 Å². The van der Waals surface area contributed by atoms with Crippen LogP contribution in [0, 0.1) is 10.1 Å². The number of carbonyl (C=O) groups is 1. The molecule has 1 aromatic heterocycles. The number of hydrogen-bond donors (Lipinski definition) is 1. The summed E-state index contributed by atoms with van der Waals surface area (Å²) in [5.74, 6) is 0.324. The number of rotatable bonds is 5. The first-order valence-corrected chi connectivity index (χ1v) is 9.33. The molecule has 1 amide bonds. The quantitative estimate of drug-likeness (QED) is 0.381. The van der Waals surface area contributed by atoms with Gasteiger partial charge in [-0.05, 0) is 22.9 Å². The van der Waals surface area contributed by atoms with Gasteiger partial charge in [-0.3, -0.25) is 20.2 Å². The van der Waals surface area contributed by atoms with Crippen molar-refractivity contribution in [2.75, 3.05) is 19.5 Å². The molecule has 0 aliphatic heterocycles. The van der Waals surface area contributed by atoms with Crippen molar-refractivity contribution in [3.63, 3.8) is 0 Å². The molecule has 0 aliphatic carbocycles. The highest BCUT2D eigenvalue weighted by Gasteiger charge is 2.19. The third-order valence-electron chi connectivity index (χ3n) is 4.41. The number of amides is 1. The number of methoxy groups -OCH3 is 2. The van der Waals surface area contributed by atoms with E-state index < -0.39 is 4.92 Å². The molecular weight excluding hydrogens is 394 g/mol. The topological polar surface area (TPSA) is 104 Å². The summed E-state index contributed by atoms with van der Waals surface area (Å²) in [5.41, 5.74) is 0.708. The zero-order chi connectivity index (χ0) is 20.5. The number of fused-ring (bicyclic) bond motifs is 2. The van der Waals surface area contributed by atoms with Crippen LogP contribution in [0.2, 0.25) is 0 Å². The average Bonchev–Trinajstić information content (AvgIpc) is 3.14. The fourth-order valence-electron chi connectivity index (χ4n) is 3.03. The number of benzene rings is 3. The molecule has 0 spiro atoms. The molecule has 0 aliphatic rings. The van der Waals surface area contributed by atoms with Crippen LogP contribution in [0.3, 0.4) is 0 Å². The number of carbonyl (C=O) groups excluding carboxylic acids is 1. The molecule has 3 aromatic carbocycles. The van der Waals surface area contributed by atoms with Crippen LogP contribution >= 0.6 is 11.3 Å². The number of anilines is 1. The number of nitrogens with zero attached hydrogens (tertiary/aromatic N) is 2. The van der Waals surface area contributed by atoms with Gasteiger partial charge >= 0.3 is 0 Å². The maximum Gasteiger partial charge on any atom is 0.274 e. The fraction of sp³-hybridized carbons (Fsp3) is 0.100. The van der Waals surface area contributed by atoms with E-state index in [0.717, 1.165) is 22.1 Å². The van der Waals surface area contributed by atoms with E-state index >= 15 is 0 Å². The maximum absolute atomic E-state index is 12.9.